The molecule has 9 rings (SSSR count). The number of hydrogen-bond donors (Lipinski definition) is 0. The molecule has 1 unspecified atom stereocenters. The molecule has 2 aromatic heterocycles. The van der Waals surface area contributed by atoms with Crippen molar-refractivity contribution < 1.29 is 27.8 Å². The summed E-state index contributed by atoms with van der Waals surface area (Å²) >= 11 is 0. The third-order valence-corrected chi connectivity index (χ3v) is 11.6. The van der Waals surface area contributed by atoms with Crippen LogP contribution in [0.1, 0.15) is 64.9 Å². The number of hydrogen-bond acceptors (Lipinski definition) is 9. The zero-order valence-electron chi connectivity index (χ0n) is 30.3. The molecule has 0 aliphatic carbocycles. The summed E-state index contributed by atoms with van der Waals surface area (Å²) in [6.07, 6.45) is 10.4. The Bertz CT molecular complexity index is 2250. The van der Waals surface area contributed by atoms with Crippen molar-refractivity contribution in [3.8, 4) is 35.5 Å². The molecule has 0 saturated carbocycles. The van der Waals surface area contributed by atoms with Crippen LogP contribution in [-0.4, -0.2) is 93.0 Å². The summed E-state index contributed by atoms with van der Waals surface area (Å²) in [4.78, 5) is 34.6. The van der Waals surface area contributed by atoms with Gasteiger partial charge in [0.1, 0.15) is 40.4 Å². The number of aromatic nitrogens is 3. The van der Waals surface area contributed by atoms with Gasteiger partial charge in [0.25, 0.3) is 0 Å². The van der Waals surface area contributed by atoms with Crippen LogP contribution < -0.4 is 14.4 Å². The lowest BCUT2D eigenvalue weighted by molar-refractivity contribution is 0.00636. The number of amides is 1. The van der Waals surface area contributed by atoms with Crippen molar-refractivity contribution in [2.24, 2.45) is 0 Å². The molecule has 4 fully saturated rings. The Hall–Kier alpha value is -5.02. The van der Waals surface area contributed by atoms with Gasteiger partial charge in [0.15, 0.2) is 5.82 Å². The van der Waals surface area contributed by atoms with Crippen LogP contribution in [0.25, 0.3) is 32.9 Å². The molecular weight excluding hydrogens is 678 g/mol. The highest BCUT2D eigenvalue weighted by atomic mass is 19.1. The minimum Gasteiger partial charge on any atom is -0.477 e. The first-order chi connectivity index (χ1) is 25.4. The van der Waals surface area contributed by atoms with E-state index in [2.05, 4.69) is 22.3 Å². The first-order valence-corrected chi connectivity index (χ1v) is 18.5. The topological polar surface area (TPSA) is 93.2 Å². The Kier molecular flexibility index (Phi) is 7.82. The molecule has 7 heterocycles. The smallest absolute Gasteiger partial charge is 0.410 e. The maximum Gasteiger partial charge on any atom is 0.410 e. The maximum atomic E-state index is 17.4. The van der Waals surface area contributed by atoms with Crippen LogP contribution >= 0.6 is 0 Å². The average molecular weight is 721 g/mol. The quantitative estimate of drug-likeness (QED) is 0.163. The fourth-order valence-corrected chi connectivity index (χ4v) is 9.50. The standard InChI is InChI=1S/C41H42F2N6O4/c1-6-26-28(42)13-11-24-9-7-10-27(31(24)26)34-33(43)35-32-36(46-38(45-35)52-22-41-16-8-17-47(41)20-23(2)19-41)48-21-25-12-14-30(29(48)15-18-51-37(32)44-34)49(25)39(50)53-40(3,4)5/h1,7,9-11,13,25,29-30H,2,8,12,14-22H2,3-5H3/t25-,29-,30+,41?/m1/s1. The van der Waals surface area contributed by atoms with Gasteiger partial charge in [-0.1, -0.05) is 42.3 Å². The van der Waals surface area contributed by atoms with Gasteiger partial charge in [-0.05, 0) is 70.9 Å². The molecule has 0 N–H and O–H groups in total. The number of carbonyl (C=O) groups is 1. The second kappa shape index (κ2) is 12.3. The minimum absolute atomic E-state index is 0.0140. The largest absolute Gasteiger partial charge is 0.477 e. The molecule has 274 valence electrons. The highest BCUT2D eigenvalue weighted by Crippen LogP contribution is 2.46. The molecular formula is C41H42F2N6O4. The van der Waals surface area contributed by atoms with E-state index in [1.807, 2.05) is 25.7 Å². The van der Waals surface area contributed by atoms with Crippen LogP contribution in [0.5, 0.6) is 11.9 Å². The van der Waals surface area contributed by atoms with Crippen molar-refractivity contribution in [3.63, 3.8) is 0 Å². The Morgan fingerprint density at radius 1 is 1.11 bits per heavy atom. The zero-order chi connectivity index (χ0) is 36.8. The summed E-state index contributed by atoms with van der Waals surface area (Å²) in [5, 5.41) is 1.35. The summed E-state index contributed by atoms with van der Waals surface area (Å²) in [5.41, 5.74) is 0.588. The van der Waals surface area contributed by atoms with Crippen LogP contribution in [0.15, 0.2) is 42.5 Å². The predicted octanol–water partition coefficient (Wildman–Crippen LogP) is 7.02. The lowest BCUT2D eigenvalue weighted by Crippen LogP contribution is -2.62. The van der Waals surface area contributed by atoms with Crippen LogP contribution in [0.4, 0.5) is 19.4 Å². The van der Waals surface area contributed by atoms with Crippen LogP contribution in [0.2, 0.25) is 0 Å². The van der Waals surface area contributed by atoms with Gasteiger partial charge in [-0.25, -0.2) is 18.6 Å². The fourth-order valence-electron chi connectivity index (χ4n) is 9.50. The van der Waals surface area contributed by atoms with Gasteiger partial charge in [0.05, 0.1) is 35.8 Å². The molecule has 12 heteroatoms. The van der Waals surface area contributed by atoms with Crippen molar-refractivity contribution in [1.82, 2.24) is 24.8 Å². The number of ether oxygens (including phenoxy) is 3. The van der Waals surface area contributed by atoms with E-state index in [9.17, 15) is 4.79 Å². The molecule has 4 saturated heterocycles. The first-order valence-electron chi connectivity index (χ1n) is 18.5. The molecule has 2 bridgehead atoms. The van der Waals surface area contributed by atoms with Crippen LogP contribution in [0.3, 0.4) is 0 Å². The number of pyridine rings is 1. The second-order valence-corrected chi connectivity index (χ2v) is 16.1. The molecule has 0 radical (unpaired) electrons. The summed E-state index contributed by atoms with van der Waals surface area (Å²) < 4.78 is 51.2. The molecule has 2 aromatic carbocycles. The molecule has 5 aliphatic rings. The molecule has 4 atom stereocenters. The van der Waals surface area contributed by atoms with Crippen molar-refractivity contribution in [3.05, 3.63) is 59.7 Å². The fraction of sp³-hybridized carbons (Fsp3) is 0.463. The summed E-state index contributed by atoms with van der Waals surface area (Å²) in [5.74, 6) is 1.78. The Labute approximate surface area is 307 Å². The van der Waals surface area contributed by atoms with E-state index >= 15 is 8.78 Å². The Morgan fingerprint density at radius 3 is 2.77 bits per heavy atom. The van der Waals surface area contributed by atoms with Gasteiger partial charge in [-0.2, -0.15) is 9.97 Å². The molecule has 10 nitrogen and oxygen atoms in total. The maximum absolute atomic E-state index is 17.4. The highest BCUT2D eigenvalue weighted by molar-refractivity contribution is 6.03. The molecule has 1 amide bonds. The number of nitrogens with zero attached hydrogens (tertiary/aromatic N) is 6. The first kappa shape index (κ1) is 33.8. The van der Waals surface area contributed by atoms with E-state index in [1.165, 1.54) is 6.07 Å². The monoisotopic (exact) mass is 720 g/mol. The van der Waals surface area contributed by atoms with Crippen LogP contribution in [-0.2, 0) is 4.74 Å². The summed E-state index contributed by atoms with van der Waals surface area (Å²) in [6.45, 7) is 12.7. The number of piperazine rings is 1. The number of anilines is 1. The number of carbonyl (C=O) groups excluding carboxylic acids is 1. The van der Waals surface area contributed by atoms with Crippen molar-refractivity contribution in [2.75, 3.05) is 37.7 Å². The molecule has 53 heavy (non-hydrogen) atoms. The number of fused-ring (bicyclic) bond motifs is 7. The second-order valence-electron chi connectivity index (χ2n) is 16.1. The van der Waals surface area contributed by atoms with Gasteiger partial charge in [-0.15, -0.1) is 6.42 Å². The van der Waals surface area contributed by atoms with Gasteiger partial charge in [-0.3, -0.25) is 9.80 Å². The Morgan fingerprint density at radius 2 is 1.96 bits per heavy atom. The van der Waals surface area contributed by atoms with Gasteiger partial charge in [0, 0.05) is 30.5 Å². The number of terminal acetylenes is 1. The average Bonchev–Trinajstić information content (AvgIpc) is 3.76. The van der Waals surface area contributed by atoms with E-state index in [4.69, 9.17) is 35.6 Å². The van der Waals surface area contributed by atoms with Gasteiger partial charge < -0.3 is 19.1 Å². The third-order valence-electron chi connectivity index (χ3n) is 11.6. The predicted molar refractivity (Wildman–Crippen MR) is 197 cm³/mol. The molecule has 4 aromatic rings. The van der Waals surface area contributed by atoms with E-state index in [1.54, 1.807) is 24.3 Å². The normalized spacial score (nSPS) is 25.1. The zero-order valence-corrected chi connectivity index (χ0v) is 30.3. The van der Waals surface area contributed by atoms with Crippen molar-refractivity contribution in [1.29, 1.82) is 0 Å². The molecule has 5 aliphatic heterocycles. The number of benzene rings is 2. The highest BCUT2D eigenvalue weighted by Gasteiger charge is 2.51. The SMILES string of the molecule is C#Cc1c(F)ccc2cccc(-c3nc4c5c(nc(OCC67CCCN6CC(=C)C7)nc5c3F)N3C[C@H]5CC[C@@H]([C@H]3CCO4)N5C(=O)OC(C)(C)C)c12. The number of rotatable bonds is 4. The van der Waals surface area contributed by atoms with Crippen molar-refractivity contribution >= 4 is 33.6 Å². The van der Waals surface area contributed by atoms with Crippen LogP contribution in [0, 0.1) is 24.0 Å². The number of halogens is 2. The summed E-state index contributed by atoms with van der Waals surface area (Å²) in [6, 6.07) is 7.72. The van der Waals surface area contributed by atoms with E-state index in [-0.39, 0.29) is 65.0 Å². The van der Waals surface area contributed by atoms with Crippen molar-refractivity contribution in [2.45, 2.75) is 88.6 Å². The molecule has 0 spiro atoms. The van der Waals surface area contributed by atoms with Gasteiger partial charge in [0.2, 0.25) is 5.88 Å². The lowest BCUT2D eigenvalue weighted by atomic mass is 9.94. The third kappa shape index (κ3) is 5.46. The minimum atomic E-state index is -0.719. The van der Waals surface area contributed by atoms with E-state index in [0.29, 0.717) is 47.1 Å². The van der Waals surface area contributed by atoms with Gasteiger partial charge >= 0.3 is 12.1 Å². The lowest BCUT2D eigenvalue weighted by Gasteiger charge is -2.48. The summed E-state index contributed by atoms with van der Waals surface area (Å²) in [7, 11) is 0. The van der Waals surface area contributed by atoms with E-state index < -0.39 is 17.2 Å². The Balaban J connectivity index is 1.21. The van der Waals surface area contributed by atoms with E-state index in [0.717, 1.165) is 50.8 Å².